The Bertz CT molecular complexity index is 414. The van der Waals surface area contributed by atoms with Crippen molar-refractivity contribution in [3.63, 3.8) is 0 Å². The maximum absolute atomic E-state index is 11.6. The molecule has 1 aliphatic rings. The van der Waals surface area contributed by atoms with Gasteiger partial charge in [-0.05, 0) is 18.4 Å². The molecule has 0 heterocycles. The Hall–Kier alpha value is -1.64. The predicted molar refractivity (Wildman–Crippen MR) is 73.7 cm³/mol. The quantitative estimate of drug-likeness (QED) is 0.465. The summed E-state index contributed by atoms with van der Waals surface area (Å²) in [6.45, 7) is 0. The van der Waals surface area contributed by atoms with Crippen molar-refractivity contribution in [3.05, 3.63) is 35.9 Å². The van der Waals surface area contributed by atoms with Gasteiger partial charge in [-0.1, -0.05) is 36.8 Å². The first-order chi connectivity index (χ1) is 8.75. The number of carbonyl (C=O) groups is 1. The number of hydrogen-bond acceptors (Lipinski definition) is 3. The molecule has 0 saturated heterocycles. The van der Waals surface area contributed by atoms with Gasteiger partial charge in [0.05, 0.1) is 12.3 Å². The van der Waals surface area contributed by atoms with Crippen LogP contribution in [0.5, 0.6) is 0 Å². The number of Topliss-reactive ketones (excluding diaryl/α,β-unsaturated/α-hetero) is 1. The van der Waals surface area contributed by atoms with E-state index in [-0.39, 0.29) is 6.04 Å². The normalized spacial score (nSPS) is 20.9. The topological polar surface area (TPSA) is 32.7 Å². The Balaban J connectivity index is 1.96. The van der Waals surface area contributed by atoms with Crippen molar-refractivity contribution in [1.82, 2.24) is 5.01 Å². The van der Waals surface area contributed by atoms with E-state index in [4.69, 9.17) is 0 Å². The third kappa shape index (κ3) is 3.69. The van der Waals surface area contributed by atoms with E-state index in [1.807, 2.05) is 48.6 Å². The van der Waals surface area contributed by atoms with Crippen molar-refractivity contribution >= 4 is 12.0 Å². The van der Waals surface area contributed by atoms with E-state index in [1.165, 1.54) is 0 Å². The lowest BCUT2D eigenvalue weighted by Crippen LogP contribution is -2.28. The minimum Gasteiger partial charge on any atom is -0.300 e. The Morgan fingerprint density at radius 3 is 2.83 bits per heavy atom. The highest BCUT2D eigenvalue weighted by atomic mass is 16.1. The van der Waals surface area contributed by atoms with Crippen LogP contribution in [-0.2, 0) is 4.79 Å². The molecule has 1 saturated carbocycles. The Labute approximate surface area is 108 Å². The van der Waals surface area contributed by atoms with Crippen LogP contribution in [0.2, 0.25) is 0 Å². The minimum absolute atomic E-state index is 0.264. The van der Waals surface area contributed by atoms with Gasteiger partial charge in [-0.2, -0.15) is 5.10 Å². The fourth-order valence-electron chi connectivity index (χ4n) is 2.28. The van der Waals surface area contributed by atoms with Gasteiger partial charge in [0.15, 0.2) is 0 Å². The fourth-order valence-corrected chi connectivity index (χ4v) is 2.28. The summed E-state index contributed by atoms with van der Waals surface area (Å²) in [4.78, 5) is 11.6. The van der Waals surface area contributed by atoms with E-state index in [0.717, 1.165) is 31.2 Å². The number of hydrazone groups is 1. The largest absolute Gasteiger partial charge is 0.300 e. The molecule has 1 aliphatic carbocycles. The van der Waals surface area contributed by atoms with Crippen LogP contribution in [0.15, 0.2) is 35.4 Å². The van der Waals surface area contributed by atoms with E-state index in [0.29, 0.717) is 12.2 Å². The molecule has 1 fully saturated rings. The van der Waals surface area contributed by atoms with Crippen LogP contribution in [0.25, 0.3) is 0 Å². The Kier molecular flexibility index (Phi) is 4.51. The summed E-state index contributed by atoms with van der Waals surface area (Å²) in [5.74, 6) is 0.374. The van der Waals surface area contributed by atoms with Crippen LogP contribution in [0.3, 0.4) is 0 Å². The molecule has 0 spiro atoms. The number of hydrogen-bond donors (Lipinski definition) is 0. The second kappa shape index (κ2) is 6.34. The number of nitrogens with zero attached hydrogens (tertiary/aromatic N) is 2. The van der Waals surface area contributed by atoms with Gasteiger partial charge in [-0.15, -0.1) is 0 Å². The van der Waals surface area contributed by atoms with E-state index >= 15 is 0 Å². The average molecular weight is 244 g/mol. The molecule has 0 unspecified atom stereocenters. The van der Waals surface area contributed by atoms with Crippen molar-refractivity contribution in [1.29, 1.82) is 0 Å². The molecular weight excluding hydrogens is 224 g/mol. The minimum atomic E-state index is 0.264. The Morgan fingerprint density at radius 2 is 2.06 bits per heavy atom. The smallest absolute Gasteiger partial charge is 0.135 e. The van der Waals surface area contributed by atoms with Gasteiger partial charge in [-0.3, -0.25) is 9.80 Å². The summed E-state index contributed by atoms with van der Waals surface area (Å²) in [6.07, 6.45) is 6.46. The third-order valence-corrected chi connectivity index (χ3v) is 3.42. The average Bonchev–Trinajstić information content (AvgIpc) is 2.62. The van der Waals surface area contributed by atoms with Crippen LogP contribution < -0.4 is 0 Å². The second-order valence-electron chi connectivity index (χ2n) is 4.87. The highest BCUT2D eigenvalue weighted by molar-refractivity contribution is 5.80. The van der Waals surface area contributed by atoms with Crippen molar-refractivity contribution < 1.29 is 4.79 Å². The zero-order valence-corrected chi connectivity index (χ0v) is 10.9. The first-order valence-corrected chi connectivity index (χ1v) is 6.59. The first kappa shape index (κ1) is 12.8. The van der Waals surface area contributed by atoms with Gasteiger partial charge in [0.1, 0.15) is 5.78 Å². The molecule has 1 aromatic rings. The second-order valence-corrected chi connectivity index (χ2v) is 4.87. The molecule has 3 nitrogen and oxygen atoms in total. The summed E-state index contributed by atoms with van der Waals surface area (Å²) in [5, 5.41) is 6.39. The SMILES string of the molecule is CN(/N=C/c1ccccc1)[C@H]1CCCCC(=O)C1. The molecule has 0 aromatic heterocycles. The summed E-state index contributed by atoms with van der Waals surface area (Å²) >= 11 is 0. The van der Waals surface area contributed by atoms with E-state index in [2.05, 4.69) is 5.10 Å². The van der Waals surface area contributed by atoms with Crippen LogP contribution in [-0.4, -0.2) is 30.1 Å². The number of ketones is 1. The summed E-state index contributed by atoms with van der Waals surface area (Å²) < 4.78 is 0. The molecule has 1 aromatic carbocycles. The maximum atomic E-state index is 11.6. The molecule has 0 amide bonds. The highest BCUT2D eigenvalue weighted by Gasteiger charge is 2.20. The van der Waals surface area contributed by atoms with Crippen molar-refractivity contribution in [2.75, 3.05) is 7.05 Å². The molecule has 96 valence electrons. The Morgan fingerprint density at radius 1 is 1.28 bits per heavy atom. The van der Waals surface area contributed by atoms with E-state index in [1.54, 1.807) is 0 Å². The number of carbonyl (C=O) groups excluding carboxylic acids is 1. The zero-order chi connectivity index (χ0) is 12.8. The van der Waals surface area contributed by atoms with Crippen LogP contribution in [0.4, 0.5) is 0 Å². The van der Waals surface area contributed by atoms with E-state index in [9.17, 15) is 4.79 Å². The molecular formula is C15H20N2O. The lowest BCUT2D eigenvalue weighted by molar-refractivity contribution is -0.119. The first-order valence-electron chi connectivity index (χ1n) is 6.59. The molecule has 18 heavy (non-hydrogen) atoms. The summed E-state index contributed by atoms with van der Waals surface area (Å²) in [5.41, 5.74) is 1.09. The predicted octanol–water partition coefficient (Wildman–Crippen LogP) is 2.85. The zero-order valence-electron chi connectivity index (χ0n) is 10.9. The molecule has 1 atom stereocenters. The standard InChI is InChI=1S/C15H20N2O/c1-17(14-9-5-6-10-15(18)11-14)16-12-13-7-3-2-4-8-13/h2-4,7-8,12,14H,5-6,9-11H2,1H3/b16-12+/t14-/m0/s1. The number of rotatable bonds is 3. The third-order valence-electron chi connectivity index (χ3n) is 3.42. The molecule has 0 N–H and O–H groups in total. The van der Waals surface area contributed by atoms with Gasteiger partial charge in [0, 0.05) is 19.9 Å². The van der Waals surface area contributed by atoms with Crippen LogP contribution in [0, 0.1) is 0 Å². The number of benzene rings is 1. The van der Waals surface area contributed by atoms with Gasteiger partial charge in [-0.25, -0.2) is 0 Å². The van der Waals surface area contributed by atoms with Gasteiger partial charge in [0.25, 0.3) is 0 Å². The summed E-state index contributed by atoms with van der Waals surface area (Å²) in [7, 11) is 1.96. The van der Waals surface area contributed by atoms with Crippen molar-refractivity contribution in [3.8, 4) is 0 Å². The van der Waals surface area contributed by atoms with Crippen LogP contribution >= 0.6 is 0 Å². The lowest BCUT2D eigenvalue weighted by atomic mass is 10.1. The van der Waals surface area contributed by atoms with Crippen molar-refractivity contribution in [2.45, 2.75) is 38.1 Å². The highest BCUT2D eigenvalue weighted by Crippen LogP contribution is 2.19. The van der Waals surface area contributed by atoms with Gasteiger partial charge in [0.2, 0.25) is 0 Å². The van der Waals surface area contributed by atoms with E-state index < -0.39 is 0 Å². The summed E-state index contributed by atoms with van der Waals surface area (Å²) in [6, 6.07) is 10.3. The van der Waals surface area contributed by atoms with Crippen molar-refractivity contribution in [2.24, 2.45) is 5.10 Å². The molecule has 2 rings (SSSR count). The molecule has 0 bridgehead atoms. The molecule has 0 aliphatic heterocycles. The maximum Gasteiger partial charge on any atom is 0.135 e. The molecule has 3 heteroatoms. The van der Waals surface area contributed by atoms with Gasteiger partial charge >= 0.3 is 0 Å². The molecule has 0 radical (unpaired) electrons. The lowest BCUT2D eigenvalue weighted by Gasteiger charge is -2.23. The van der Waals surface area contributed by atoms with Crippen LogP contribution in [0.1, 0.15) is 37.7 Å². The fraction of sp³-hybridized carbons (Fsp3) is 0.467. The van der Waals surface area contributed by atoms with Gasteiger partial charge < -0.3 is 0 Å². The monoisotopic (exact) mass is 244 g/mol.